The van der Waals surface area contributed by atoms with E-state index in [2.05, 4.69) is 18.0 Å². The van der Waals surface area contributed by atoms with Gasteiger partial charge in [-0.05, 0) is 56.8 Å². The smallest absolute Gasteiger partial charge is 0.165 e. The first-order valence-corrected chi connectivity index (χ1v) is 8.03. The Morgan fingerprint density at radius 1 is 1.33 bits per heavy atom. The molecule has 2 bridgehead atoms. The highest BCUT2D eigenvalue weighted by atomic mass is 16.5. The molecule has 1 aromatic carbocycles. The third-order valence-corrected chi connectivity index (χ3v) is 6.56. The van der Waals surface area contributed by atoms with Crippen molar-refractivity contribution in [3.8, 4) is 11.5 Å². The molecule has 5 rings (SSSR count). The van der Waals surface area contributed by atoms with E-state index >= 15 is 0 Å². The van der Waals surface area contributed by atoms with E-state index in [9.17, 15) is 10.2 Å². The van der Waals surface area contributed by atoms with Crippen molar-refractivity contribution in [1.82, 2.24) is 4.90 Å². The van der Waals surface area contributed by atoms with E-state index < -0.39 is 6.10 Å². The fourth-order valence-corrected chi connectivity index (χ4v) is 5.71. The van der Waals surface area contributed by atoms with E-state index in [0.29, 0.717) is 17.7 Å². The summed E-state index contributed by atoms with van der Waals surface area (Å²) < 4.78 is 6.14. The summed E-state index contributed by atoms with van der Waals surface area (Å²) in [7, 11) is 2.22. The summed E-state index contributed by atoms with van der Waals surface area (Å²) in [6.45, 7) is 1.04. The molecular formula is C17H21NO3. The molecule has 1 saturated carbocycles. The minimum absolute atomic E-state index is 0.0729. The third kappa shape index (κ3) is 1.25. The van der Waals surface area contributed by atoms with Crippen molar-refractivity contribution < 1.29 is 14.9 Å². The summed E-state index contributed by atoms with van der Waals surface area (Å²) in [6.07, 6.45) is 3.35. The summed E-state index contributed by atoms with van der Waals surface area (Å²) in [5.74, 6) is 1.44. The van der Waals surface area contributed by atoms with Gasteiger partial charge in [0.2, 0.25) is 0 Å². The highest BCUT2D eigenvalue weighted by Crippen LogP contribution is 2.63. The molecule has 2 heterocycles. The quantitative estimate of drug-likeness (QED) is 0.758. The maximum Gasteiger partial charge on any atom is 0.165 e. The van der Waals surface area contributed by atoms with E-state index in [1.54, 1.807) is 6.07 Å². The maximum atomic E-state index is 10.5. The topological polar surface area (TPSA) is 52.9 Å². The third-order valence-electron chi connectivity index (χ3n) is 6.56. The Hall–Kier alpha value is -1.26. The Kier molecular flexibility index (Phi) is 2.19. The highest BCUT2D eigenvalue weighted by Gasteiger charge is 2.65. The molecule has 0 aromatic heterocycles. The Balaban J connectivity index is 1.81. The lowest BCUT2D eigenvalue weighted by Crippen LogP contribution is -2.66. The van der Waals surface area contributed by atoms with Crippen LogP contribution in [0.4, 0.5) is 0 Å². The summed E-state index contributed by atoms with van der Waals surface area (Å²) in [5.41, 5.74) is 2.46. The van der Waals surface area contributed by atoms with Gasteiger partial charge in [-0.1, -0.05) is 6.07 Å². The average molecular weight is 287 g/mol. The molecule has 1 unspecified atom stereocenters. The number of aliphatic hydroxyl groups is 1. The number of likely N-dealkylation sites (N-methyl/N-ethyl adjacent to an activating group) is 1. The van der Waals surface area contributed by atoms with Crippen molar-refractivity contribution in [2.24, 2.45) is 5.92 Å². The van der Waals surface area contributed by atoms with Crippen LogP contribution in [0.5, 0.6) is 11.5 Å². The van der Waals surface area contributed by atoms with Crippen LogP contribution < -0.4 is 4.74 Å². The van der Waals surface area contributed by atoms with Gasteiger partial charge < -0.3 is 19.8 Å². The summed E-state index contributed by atoms with van der Waals surface area (Å²) in [5, 5.41) is 20.8. The zero-order valence-electron chi connectivity index (χ0n) is 12.2. The number of hydrogen-bond donors (Lipinski definition) is 2. The van der Waals surface area contributed by atoms with Crippen molar-refractivity contribution >= 4 is 0 Å². The van der Waals surface area contributed by atoms with E-state index in [4.69, 9.17) is 4.74 Å². The van der Waals surface area contributed by atoms with Gasteiger partial charge >= 0.3 is 0 Å². The lowest BCUT2D eigenvalue weighted by atomic mass is 9.51. The van der Waals surface area contributed by atoms with E-state index in [-0.39, 0.29) is 17.3 Å². The second-order valence-corrected chi connectivity index (χ2v) is 7.28. The number of nitrogens with zero attached hydrogens (tertiary/aromatic N) is 1. The van der Waals surface area contributed by atoms with Crippen molar-refractivity contribution in [3.05, 3.63) is 23.3 Å². The maximum absolute atomic E-state index is 10.5. The highest BCUT2D eigenvalue weighted by molar-refractivity contribution is 5.60. The largest absolute Gasteiger partial charge is 0.504 e. The molecule has 0 amide bonds. The van der Waals surface area contributed by atoms with Crippen LogP contribution >= 0.6 is 0 Å². The molecule has 21 heavy (non-hydrogen) atoms. The number of phenolic OH excluding ortho intramolecular Hbond substituents is 1. The van der Waals surface area contributed by atoms with Crippen molar-refractivity contribution in [2.75, 3.05) is 13.6 Å². The number of phenols is 1. The fourth-order valence-electron chi connectivity index (χ4n) is 5.71. The molecule has 0 radical (unpaired) electrons. The lowest BCUT2D eigenvalue weighted by Gasteiger charge is -2.58. The van der Waals surface area contributed by atoms with E-state index in [1.807, 2.05) is 0 Å². The molecule has 2 aliphatic carbocycles. The summed E-state index contributed by atoms with van der Waals surface area (Å²) in [4.78, 5) is 2.48. The van der Waals surface area contributed by atoms with Gasteiger partial charge in [-0.2, -0.15) is 0 Å². The van der Waals surface area contributed by atoms with Crippen molar-refractivity contribution in [2.45, 2.75) is 49.3 Å². The van der Waals surface area contributed by atoms with Crippen molar-refractivity contribution in [1.29, 1.82) is 0 Å². The Morgan fingerprint density at radius 3 is 3.05 bits per heavy atom. The number of aliphatic hydroxyl groups excluding tert-OH is 1. The number of hydrogen-bond acceptors (Lipinski definition) is 4. The van der Waals surface area contributed by atoms with Gasteiger partial charge in [0.05, 0.1) is 6.10 Å². The van der Waals surface area contributed by atoms with Gasteiger partial charge in [0.15, 0.2) is 11.5 Å². The average Bonchev–Trinajstić information content (AvgIpc) is 2.83. The van der Waals surface area contributed by atoms with Gasteiger partial charge in [0.25, 0.3) is 0 Å². The first-order valence-electron chi connectivity index (χ1n) is 8.03. The second kappa shape index (κ2) is 3.73. The van der Waals surface area contributed by atoms with Gasteiger partial charge in [-0.25, -0.2) is 0 Å². The molecule has 4 nitrogen and oxygen atoms in total. The van der Waals surface area contributed by atoms with E-state index in [0.717, 1.165) is 32.2 Å². The van der Waals surface area contributed by atoms with Crippen LogP contribution in [0, 0.1) is 5.92 Å². The Labute approximate surface area is 124 Å². The second-order valence-electron chi connectivity index (χ2n) is 7.28. The Bertz CT molecular complexity index is 631. The van der Waals surface area contributed by atoms with Gasteiger partial charge in [-0.3, -0.25) is 0 Å². The number of piperidine rings is 1. The van der Waals surface area contributed by atoms with Crippen LogP contribution in [0.3, 0.4) is 0 Å². The predicted molar refractivity (Wildman–Crippen MR) is 77.7 cm³/mol. The van der Waals surface area contributed by atoms with Crippen LogP contribution in [0.1, 0.15) is 30.4 Å². The number of ether oxygens (including phenoxy) is 1. The number of likely N-dealkylation sites (tertiary alicyclic amines) is 1. The minimum Gasteiger partial charge on any atom is -0.504 e. The molecule has 2 N–H and O–H groups in total. The van der Waals surface area contributed by atoms with E-state index in [1.165, 1.54) is 11.1 Å². The first kappa shape index (κ1) is 12.3. The zero-order chi connectivity index (χ0) is 14.4. The molecule has 4 aliphatic rings. The van der Waals surface area contributed by atoms with Gasteiger partial charge in [0.1, 0.15) is 6.10 Å². The molecular weight excluding hydrogens is 266 g/mol. The monoisotopic (exact) mass is 287 g/mol. The zero-order valence-corrected chi connectivity index (χ0v) is 12.2. The summed E-state index contributed by atoms with van der Waals surface area (Å²) >= 11 is 0. The number of aromatic hydroxyl groups is 1. The predicted octanol–water partition coefficient (Wildman–Crippen LogP) is 1.42. The molecule has 1 aromatic rings. The van der Waals surface area contributed by atoms with Gasteiger partial charge in [-0.15, -0.1) is 0 Å². The van der Waals surface area contributed by atoms with Crippen LogP contribution in [0.25, 0.3) is 0 Å². The molecule has 1 saturated heterocycles. The summed E-state index contributed by atoms with van der Waals surface area (Å²) in [6, 6.07) is 4.36. The van der Waals surface area contributed by atoms with Crippen LogP contribution in [-0.4, -0.2) is 47.0 Å². The van der Waals surface area contributed by atoms with Gasteiger partial charge in [0, 0.05) is 17.0 Å². The lowest BCUT2D eigenvalue weighted by molar-refractivity contribution is -0.0993. The fraction of sp³-hybridized carbons (Fsp3) is 0.647. The molecule has 2 fully saturated rings. The SMILES string of the molecule is CN1CC[C@]23c4c5ccc(O)c4O[C@H]2C(O)CC[C@H]3[C@H]1C5. The molecule has 4 heteroatoms. The van der Waals surface area contributed by atoms with Crippen molar-refractivity contribution in [3.63, 3.8) is 0 Å². The normalized spacial score (nSPS) is 43.3. The molecule has 112 valence electrons. The molecule has 2 aliphatic heterocycles. The molecule has 5 atom stereocenters. The Morgan fingerprint density at radius 2 is 2.19 bits per heavy atom. The standard InChI is InChI=1S/C17H21NO3/c1-18-7-6-17-10-3-5-13(20)16(17)21-15-12(19)4-2-9(14(15)17)8-11(10)18/h2,4,10-11,13,16,19-20H,3,5-8H2,1H3/t10-,11+,13?,16-,17-/m0/s1. The van der Waals surface area contributed by atoms with Crippen LogP contribution in [0.2, 0.25) is 0 Å². The van der Waals surface area contributed by atoms with Crippen LogP contribution in [-0.2, 0) is 11.8 Å². The first-order chi connectivity index (χ1) is 10.1. The number of rotatable bonds is 0. The van der Waals surface area contributed by atoms with Crippen LogP contribution in [0.15, 0.2) is 12.1 Å². The number of benzene rings is 1. The molecule has 1 spiro atoms. The minimum atomic E-state index is -0.414.